The highest BCUT2D eigenvalue weighted by Crippen LogP contribution is 2.15. The third-order valence-electron chi connectivity index (χ3n) is 2.60. The zero-order valence-electron chi connectivity index (χ0n) is 9.30. The van der Waals surface area contributed by atoms with Crippen LogP contribution in [0, 0.1) is 5.92 Å². The number of primary amides is 1. The summed E-state index contributed by atoms with van der Waals surface area (Å²) in [5, 5.41) is 0. The first-order valence-corrected chi connectivity index (χ1v) is 5.62. The molecule has 0 aromatic rings. The first-order valence-electron chi connectivity index (χ1n) is 5.62. The van der Waals surface area contributed by atoms with E-state index in [0.29, 0.717) is 6.42 Å². The molecule has 2 heteroatoms. The van der Waals surface area contributed by atoms with Crippen LogP contribution < -0.4 is 5.73 Å². The van der Waals surface area contributed by atoms with Crippen molar-refractivity contribution in [3.05, 3.63) is 12.7 Å². The number of amides is 1. The summed E-state index contributed by atoms with van der Waals surface area (Å²) >= 11 is 0. The van der Waals surface area contributed by atoms with E-state index >= 15 is 0 Å². The summed E-state index contributed by atoms with van der Waals surface area (Å²) in [6, 6.07) is 0. The van der Waals surface area contributed by atoms with Crippen LogP contribution in [0.3, 0.4) is 0 Å². The minimum atomic E-state index is -0.225. The second-order valence-corrected chi connectivity index (χ2v) is 3.80. The second-order valence-electron chi connectivity index (χ2n) is 3.80. The van der Waals surface area contributed by atoms with Gasteiger partial charge in [0.2, 0.25) is 5.91 Å². The predicted molar refractivity (Wildman–Crippen MR) is 60.9 cm³/mol. The largest absolute Gasteiger partial charge is 0.369 e. The van der Waals surface area contributed by atoms with Crippen LogP contribution in [0.4, 0.5) is 0 Å². The molecule has 0 aromatic heterocycles. The maximum Gasteiger partial charge on any atom is 0.220 e. The lowest BCUT2D eigenvalue weighted by Gasteiger charge is -2.04. The van der Waals surface area contributed by atoms with Crippen molar-refractivity contribution >= 4 is 5.91 Å². The van der Waals surface area contributed by atoms with Gasteiger partial charge in [-0.25, -0.2) is 0 Å². The van der Waals surface area contributed by atoms with Gasteiger partial charge in [-0.3, -0.25) is 4.79 Å². The third-order valence-corrected chi connectivity index (χ3v) is 2.60. The van der Waals surface area contributed by atoms with Gasteiger partial charge in [-0.2, -0.15) is 0 Å². The molecule has 1 fully saturated rings. The van der Waals surface area contributed by atoms with Crippen molar-refractivity contribution in [3.63, 3.8) is 0 Å². The maximum absolute atomic E-state index is 10.5. The summed E-state index contributed by atoms with van der Waals surface area (Å²) in [5.74, 6) is -0.236. The quantitative estimate of drug-likeness (QED) is 0.692. The summed E-state index contributed by atoms with van der Waals surface area (Å²) in [6.07, 6.45) is 10.7. The molecule has 1 saturated carbocycles. The molecule has 0 heterocycles. The van der Waals surface area contributed by atoms with Crippen LogP contribution in [0.2, 0.25) is 0 Å². The van der Waals surface area contributed by atoms with E-state index in [1.165, 1.54) is 32.1 Å². The van der Waals surface area contributed by atoms with E-state index in [9.17, 15) is 4.79 Å². The highest BCUT2D eigenvalue weighted by molar-refractivity contribution is 5.76. The standard InChI is InChI=1S/C7H13NO.C5H10/c1-3-5-6(4-2)7(8)9;1-2-4-5-3-1/h3,6H,1,4-5H2,2H3,(H2,8,9);1-5H2. The maximum atomic E-state index is 10.5. The average Bonchev–Trinajstić information content (AvgIpc) is 2.71. The molecule has 0 bridgehead atoms. The van der Waals surface area contributed by atoms with Gasteiger partial charge in [0.15, 0.2) is 0 Å². The van der Waals surface area contributed by atoms with Crippen LogP contribution in [0.1, 0.15) is 51.9 Å². The molecule has 1 rings (SSSR count). The van der Waals surface area contributed by atoms with Crippen LogP contribution in [0.25, 0.3) is 0 Å². The van der Waals surface area contributed by atoms with E-state index in [1.54, 1.807) is 6.08 Å². The Morgan fingerprint density at radius 1 is 1.36 bits per heavy atom. The Labute approximate surface area is 87.6 Å². The Kier molecular flexibility index (Phi) is 8.30. The summed E-state index contributed by atoms with van der Waals surface area (Å²) in [7, 11) is 0. The molecular weight excluding hydrogens is 174 g/mol. The van der Waals surface area contributed by atoms with Crippen LogP contribution >= 0.6 is 0 Å². The van der Waals surface area contributed by atoms with Crippen molar-refractivity contribution in [1.82, 2.24) is 0 Å². The van der Waals surface area contributed by atoms with Crippen LogP contribution in [0.15, 0.2) is 12.7 Å². The first kappa shape index (κ1) is 13.2. The summed E-state index contributed by atoms with van der Waals surface area (Å²) < 4.78 is 0. The molecule has 0 aromatic carbocycles. The molecule has 0 radical (unpaired) electrons. The molecule has 1 aliphatic rings. The summed E-state index contributed by atoms with van der Waals surface area (Å²) in [5.41, 5.74) is 5.05. The number of carbonyl (C=O) groups excluding carboxylic acids is 1. The Morgan fingerprint density at radius 2 is 1.79 bits per heavy atom. The topological polar surface area (TPSA) is 43.1 Å². The molecule has 1 atom stereocenters. The first-order chi connectivity index (χ1) is 6.72. The molecule has 1 unspecified atom stereocenters. The van der Waals surface area contributed by atoms with Gasteiger partial charge in [-0.15, -0.1) is 6.58 Å². The van der Waals surface area contributed by atoms with Crippen molar-refractivity contribution in [2.24, 2.45) is 11.7 Å². The van der Waals surface area contributed by atoms with Crippen molar-refractivity contribution < 1.29 is 4.79 Å². The average molecular weight is 197 g/mol. The molecule has 14 heavy (non-hydrogen) atoms. The molecular formula is C12H23NO. The number of allylic oxidation sites excluding steroid dienone is 1. The summed E-state index contributed by atoms with van der Waals surface area (Å²) in [6.45, 7) is 5.47. The van der Waals surface area contributed by atoms with Gasteiger partial charge in [0.05, 0.1) is 0 Å². The SMILES string of the molecule is C1CCCC1.C=CCC(CC)C(N)=O. The Balaban J connectivity index is 0.000000280. The lowest BCUT2D eigenvalue weighted by atomic mass is 10.0. The van der Waals surface area contributed by atoms with E-state index in [0.717, 1.165) is 6.42 Å². The number of hydrogen-bond acceptors (Lipinski definition) is 1. The molecule has 0 saturated heterocycles. The Morgan fingerprint density at radius 3 is 1.93 bits per heavy atom. The van der Waals surface area contributed by atoms with Gasteiger partial charge in [0, 0.05) is 5.92 Å². The smallest absolute Gasteiger partial charge is 0.220 e. The highest BCUT2D eigenvalue weighted by atomic mass is 16.1. The van der Waals surface area contributed by atoms with Gasteiger partial charge >= 0.3 is 0 Å². The molecule has 82 valence electrons. The number of carbonyl (C=O) groups is 1. The second kappa shape index (κ2) is 8.79. The normalized spacial score (nSPS) is 16.6. The van der Waals surface area contributed by atoms with Gasteiger partial charge in [-0.1, -0.05) is 45.1 Å². The minimum Gasteiger partial charge on any atom is -0.369 e. The lowest BCUT2D eigenvalue weighted by Crippen LogP contribution is -2.21. The predicted octanol–water partition coefficient (Wildman–Crippen LogP) is 3.02. The monoisotopic (exact) mass is 197 g/mol. The molecule has 2 nitrogen and oxygen atoms in total. The molecule has 1 aliphatic carbocycles. The van der Waals surface area contributed by atoms with Gasteiger partial charge < -0.3 is 5.73 Å². The highest BCUT2D eigenvalue weighted by Gasteiger charge is 2.08. The van der Waals surface area contributed by atoms with Crippen molar-refractivity contribution in [2.45, 2.75) is 51.9 Å². The fraction of sp³-hybridized carbons (Fsp3) is 0.750. The fourth-order valence-corrected chi connectivity index (χ4v) is 1.57. The van der Waals surface area contributed by atoms with Gasteiger partial charge in [0.1, 0.15) is 0 Å². The molecule has 2 N–H and O–H groups in total. The molecule has 1 amide bonds. The summed E-state index contributed by atoms with van der Waals surface area (Å²) in [4.78, 5) is 10.5. The van der Waals surface area contributed by atoms with Crippen LogP contribution in [-0.4, -0.2) is 5.91 Å². The van der Waals surface area contributed by atoms with E-state index in [4.69, 9.17) is 5.73 Å². The Bertz CT molecular complexity index is 154. The van der Waals surface area contributed by atoms with E-state index in [1.807, 2.05) is 6.92 Å². The fourth-order valence-electron chi connectivity index (χ4n) is 1.57. The number of hydrogen-bond donors (Lipinski definition) is 1. The lowest BCUT2D eigenvalue weighted by molar-refractivity contribution is -0.121. The number of nitrogens with two attached hydrogens (primary N) is 1. The van der Waals surface area contributed by atoms with Crippen molar-refractivity contribution in [1.29, 1.82) is 0 Å². The van der Waals surface area contributed by atoms with Crippen molar-refractivity contribution in [2.75, 3.05) is 0 Å². The number of rotatable bonds is 4. The zero-order valence-corrected chi connectivity index (χ0v) is 9.30. The van der Waals surface area contributed by atoms with E-state index in [-0.39, 0.29) is 11.8 Å². The van der Waals surface area contributed by atoms with E-state index < -0.39 is 0 Å². The van der Waals surface area contributed by atoms with Crippen molar-refractivity contribution in [3.8, 4) is 0 Å². The Hall–Kier alpha value is -0.790. The minimum absolute atomic E-state index is 0.0116. The van der Waals surface area contributed by atoms with E-state index in [2.05, 4.69) is 6.58 Å². The van der Waals surface area contributed by atoms with Crippen LogP contribution in [-0.2, 0) is 4.79 Å². The zero-order chi connectivity index (χ0) is 10.8. The third kappa shape index (κ3) is 6.70. The van der Waals surface area contributed by atoms with Gasteiger partial charge in [0.25, 0.3) is 0 Å². The molecule has 0 aliphatic heterocycles. The van der Waals surface area contributed by atoms with Gasteiger partial charge in [-0.05, 0) is 12.8 Å². The molecule has 0 spiro atoms. The van der Waals surface area contributed by atoms with Crippen LogP contribution in [0.5, 0.6) is 0 Å².